The molecule has 112 valence electrons. The first-order valence-corrected chi connectivity index (χ1v) is 6.96. The third-order valence-corrected chi connectivity index (χ3v) is 3.06. The largest absolute Gasteiger partial charge is 0.370 e. The molecule has 2 heterocycles. The van der Waals surface area contributed by atoms with Gasteiger partial charge in [0, 0.05) is 19.8 Å². The van der Waals surface area contributed by atoms with Crippen LogP contribution in [0.2, 0.25) is 0 Å². The standard InChI is InChI=1S/C14H20N6O/c1-4-7-15-12-6-5-11(8-16-12)14(21)18-10(2)13-19-17-9-20(13)3/h5-6,8-10H,4,7H2,1-3H3,(H,15,16)(H,18,21). The van der Waals surface area contributed by atoms with E-state index < -0.39 is 0 Å². The van der Waals surface area contributed by atoms with Gasteiger partial charge < -0.3 is 15.2 Å². The van der Waals surface area contributed by atoms with Gasteiger partial charge in [-0.3, -0.25) is 4.79 Å². The number of pyridine rings is 1. The molecule has 0 bridgehead atoms. The minimum Gasteiger partial charge on any atom is -0.370 e. The first-order valence-electron chi connectivity index (χ1n) is 6.96. The molecule has 0 saturated carbocycles. The maximum Gasteiger partial charge on any atom is 0.253 e. The van der Waals surface area contributed by atoms with E-state index in [-0.39, 0.29) is 11.9 Å². The van der Waals surface area contributed by atoms with Crippen LogP contribution in [0, 0.1) is 0 Å². The highest BCUT2D eigenvalue weighted by atomic mass is 16.1. The highest BCUT2D eigenvalue weighted by molar-refractivity contribution is 5.94. The van der Waals surface area contributed by atoms with Crippen LogP contribution >= 0.6 is 0 Å². The zero-order chi connectivity index (χ0) is 15.2. The highest BCUT2D eigenvalue weighted by Crippen LogP contribution is 2.10. The minimum atomic E-state index is -0.220. The molecule has 1 amide bonds. The van der Waals surface area contributed by atoms with E-state index >= 15 is 0 Å². The molecule has 0 aliphatic rings. The minimum absolute atomic E-state index is 0.181. The van der Waals surface area contributed by atoms with E-state index in [4.69, 9.17) is 0 Å². The second-order valence-corrected chi connectivity index (χ2v) is 4.85. The fraction of sp³-hybridized carbons (Fsp3) is 0.429. The lowest BCUT2D eigenvalue weighted by molar-refractivity contribution is 0.0937. The van der Waals surface area contributed by atoms with Gasteiger partial charge in [0.1, 0.15) is 12.1 Å². The summed E-state index contributed by atoms with van der Waals surface area (Å²) in [6, 6.07) is 3.34. The molecule has 0 radical (unpaired) electrons. The number of hydrogen-bond donors (Lipinski definition) is 2. The number of amides is 1. The summed E-state index contributed by atoms with van der Waals surface area (Å²) in [4.78, 5) is 16.4. The molecule has 0 aliphatic heterocycles. The van der Waals surface area contributed by atoms with Crippen LogP contribution in [-0.2, 0) is 7.05 Å². The predicted octanol–water partition coefficient (Wildman–Crippen LogP) is 1.52. The van der Waals surface area contributed by atoms with Crippen LogP contribution in [0.1, 0.15) is 42.5 Å². The first kappa shape index (κ1) is 15.0. The van der Waals surface area contributed by atoms with Gasteiger partial charge in [-0.1, -0.05) is 6.92 Å². The van der Waals surface area contributed by atoms with E-state index in [2.05, 4.69) is 32.7 Å². The van der Waals surface area contributed by atoms with Crippen LogP contribution in [0.5, 0.6) is 0 Å². The van der Waals surface area contributed by atoms with Gasteiger partial charge in [0.25, 0.3) is 5.91 Å². The van der Waals surface area contributed by atoms with Crippen molar-refractivity contribution in [2.24, 2.45) is 7.05 Å². The highest BCUT2D eigenvalue weighted by Gasteiger charge is 2.15. The van der Waals surface area contributed by atoms with E-state index in [1.54, 1.807) is 29.2 Å². The van der Waals surface area contributed by atoms with Gasteiger partial charge in [0.2, 0.25) is 0 Å². The van der Waals surface area contributed by atoms with Gasteiger partial charge in [0.05, 0.1) is 11.6 Å². The molecule has 1 atom stereocenters. The molecule has 7 nitrogen and oxygen atoms in total. The molecular weight excluding hydrogens is 268 g/mol. The molecule has 21 heavy (non-hydrogen) atoms. The number of anilines is 1. The maximum absolute atomic E-state index is 12.2. The second kappa shape index (κ2) is 6.83. The molecule has 0 aliphatic carbocycles. The number of aromatic nitrogens is 4. The molecule has 7 heteroatoms. The number of rotatable bonds is 6. The van der Waals surface area contributed by atoms with Crippen molar-refractivity contribution in [3.8, 4) is 0 Å². The SMILES string of the molecule is CCCNc1ccc(C(=O)NC(C)c2nncn2C)cn1. The third kappa shape index (κ3) is 3.77. The second-order valence-electron chi connectivity index (χ2n) is 4.85. The van der Waals surface area contributed by atoms with Gasteiger partial charge in [-0.05, 0) is 25.5 Å². The van der Waals surface area contributed by atoms with Crippen molar-refractivity contribution in [3.63, 3.8) is 0 Å². The molecule has 2 rings (SSSR count). The van der Waals surface area contributed by atoms with Crippen molar-refractivity contribution in [2.45, 2.75) is 26.3 Å². The van der Waals surface area contributed by atoms with Gasteiger partial charge in [-0.2, -0.15) is 0 Å². The van der Waals surface area contributed by atoms with Crippen LogP contribution in [0.15, 0.2) is 24.7 Å². The Balaban J connectivity index is 1.98. The lowest BCUT2D eigenvalue weighted by atomic mass is 10.2. The summed E-state index contributed by atoms with van der Waals surface area (Å²) in [5.74, 6) is 1.30. The van der Waals surface area contributed by atoms with Crippen molar-refractivity contribution in [2.75, 3.05) is 11.9 Å². The van der Waals surface area contributed by atoms with E-state index in [1.807, 2.05) is 14.0 Å². The summed E-state index contributed by atoms with van der Waals surface area (Å²) in [6.45, 7) is 4.82. The molecule has 0 aromatic carbocycles. The van der Waals surface area contributed by atoms with Crippen molar-refractivity contribution >= 4 is 11.7 Å². The molecule has 0 fully saturated rings. The lowest BCUT2D eigenvalue weighted by Gasteiger charge is -2.13. The Hall–Kier alpha value is -2.44. The first-order chi connectivity index (χ1) is 10.1. The van der Waals surface area contributed by atoms with E-state index in [9.17, 15) is 4.79 Å². The molecule has 2 aromatic rings. The van der Waals surface area contributed by atoms with Gasteiger partial charge >= 0.3 is 0 Å². The monoisotopic (exact) mass is 288 g/mol. The smallest absolute Gasteiger partial charge is 0.253 e. The number of carbonyl (C=O) groups is 1. The van der Waals surface area contributed by atoms with Gasteiger partial charge in [0.15, 0.2) is 5.82 Å². The molecule has 0 saturated heterocycles. The fourth-order valence-corrected chi connectivity index (χ4v) is 1.91. The number of hydrogen-bond acceptors (Lipinski definition) is 5. The van der Waals surface area contributed by atoms with E-state index in [1.165, 1.54) is 0 Å². The number of nitrogens with one attached hydrogen (secondary N) is 2. The third-order valence-electron chi connectivity index (χ3n) is 3.06. The quantitative estimate of drug-likeness (QED) is 0.842. The number of nitrogens with zero attached hydrogens (tertiary/aromatic N) is 4. The van der Waals surface area contributed by atoms with Gasteiger partial charge in [-0.25, -0.2) is 4.98 Å². The summed E-state index contributed by atoms with van der Waals surface area (Å²) < 4.78 is 1.78. The predicted molar refractivity (Wildman–Crippen MR) is 79.9 cm³/mol. The average Bonchev–Trinajstić information content (AvgIpc) is 2.91. The average molecular weight is 288 g/mol. The molecule has 2 aromatic heterocycles. The van der Waals surface area contributed by atoms with Crippen molar-refractivity contribution in [1.29, 1.82) is 0 Å². The Morgan fingerprint density at radius 1 is 1.43 bits per heavy atom. The molecular formula is C14H20N6O. The van der Waals surface area contributed by atoms with Crippen molar-refractivity contribution in [3.05, 3.63) is 36.0 Å². The molecule has 2 N–H and O–H groups in total. The summed E-state index contributed by atoms with van der Waals surface area (Å²) in [7, 11) is 1.84. The van der Waals surface area contributed by atoms with Crippen molar-refractivity contribution < 1.29 is 4.79 Å². The lowest BCUT2D eigenvalue weighted by Crippen LogP contribution is -2.28. The summed E-state index contributed by atoms with van der Waals surface area (Å²) >= 11 is 0. The Kier molecular flexibility index (Phi) is 4.86. The topological polar surface area (TPSA) is 84.7 Å². The summed E-state index contributed by atoms with van der Waals surface area (Å²) in [5.41, 5.74) is 0.520. The molecule has 0 spiro atoms. The van der Waals surface area contributed by atoms with Crippen LogP contribution in [0.25, 0.3) is 0 Å². The zero-order valence-corrected chi connectivity index (χ0v) is 12.5. The zero-order valence-electron chi connectivity index (χ0n) is 12.5. The van der Waals surface area contributed by atoms with Crippen LogP contribution in [0.3, 0.4) is 0 Å². The maximum atomic E-state index is 12.2. The van der Waals surface area contributed by atoms with Crippen molar-refractivity contribution in [1.82, 2.24) is 25.1 Å². The van der Waals surface area contributed by atoms with Crippen LogP contribution < -0.4 is 10.6 Å². The Morgan fingerprint density at radius 3 is 2.81 bits per heavy atom. The van der Waals surface area contributed by atoms with E-state index in [0.29, 0.717) is 11.4 Å². The fourth-order valence-electron chi connectivity index (χ4n) is 1.91. The van der Waals surface area contributed by atoms with E-state index in [0.717, 1.165) is 18.8 Å². The Labute approximate surface area is 123 Å². The number of aryl methyl sites for hydroxylation is 1. The normalized spacial score (nSPS) is 12.0. The number of carbonyl (C=O) groups excluding carboxylic acids is 1. The van der Waals surface area contributed by atoms with Crippen LogP contribution in [0.4, 0.5) is 5.82 Å². The van der Waals surface area contributed by atoms with Crippen LogP contribution in [-0.4, -0.2) is 32.2 Å². The Bertz CT molecular complexity index is 592. The summed E-state index contributed by atoms with van der Waals surface area (Å²) in [5, 5.41) is 13.8. The Morgan fingerprint density at radius 2 is 2.24 bits per heavy atom. The molecule has 1 unspecified atom stereocenters. The summed E-state index contributed by atoms with van der Waals surface area (Å²) in [6.07, 6.45) is 4.20. The van der Waals surface area contributed by atoms with Gasteiger partial charge in [-0.15, -0.1) is 10.2 Å².